The molecule has 3 amide bonds. The minimum Gasteiger partial charge on any atom is -0.450 e. The Morgan fingerprint density at radius 3 is 2.17 bits per heavy atom. The van der Waals surface area contributed by atoms with Crippen molar-refractivity contribution in [2.45, 2.75) is 46.5 Å². The molecule has 0 radical (unpaired) electrons. The molecule has 2 aromatic heterocycles. The molecule has 10 heteroatoms. The molecule has 2 aliphatic rings. The van der Waals surface area contributed by atoms with Crippen LogP contribution < -0.4 is 0 Å². The summed E-state index contributed by atoms with van der Waals surface area (Å²) in [6, 6.07) is 3.72. The number of amides is 3. The zero-order valence-corrected chi connectivity index (χ0v) is 20.9. The minimum atomic E-state index is -0.338. The van der Waals surface area contributed by atoms with Crippen molar-refractivity contribution in [2.75, 3.05) is 45.9 Å². The van der Waals surface area contributed by atoms with Gasteiger partial charge in [-0.05, 0) is 52.7 Å². The second-order valence-electron chi connectivity index (χ2n) is 9.13. The van der Waals surface area contributed by atoms with Gasteiger partial charge in [-0.2, -0.15) is 0 Å². The van der Waals surface area contributed by atoms with Crippen LogP contribution in [-0.4, -0.2) is 88.6 Å². The second-order valence-corrected chi connectivity index (χ2v) is 9.13. The average Bonchev–Trinajstić information content (AvgIpc) is 3.21. The molecule has 2 aromatic rings. The Hall–Kier alpha value is -3.43. The van der Waals surface area contributed by atoms with E-state index in [9.17, 15) is 14.4 Å². The Labute approximate surface area is 205 Å². The third kappa shape index (κ3) is 5.16. The predicted octanol–water partition coefficient (Wildman–Crippen LogP) is 2.93. The van der Waals surface area contributed by atoms with Crippen LogP contribution in [0.1, 0.15) is 69.2 Å². The van der Waals surface area contributed by atoms with Crippen molar-refractivity contribution >= 4 is 17.9 Å². The van der Waals surface area contributed by atoms with Crippen LogP contribution in [0, 0.1) is 20.8 Å². The summed E-state index contributed by atoms with van der Waals surface area (Å²) in [6.45, 7) is 10.5. The standard InChI is InChI=1S/C25H33N5O5/c1-5-34-25(33)30-14-12-29(13-15-30)23(31)20-7-6-16(2)26-22(20)19-8-10-28(11-9-19)24(32)21-17(3)27-35-18(21)4/h6-7,19H,5,8-15H2,1-4H3. The van der Waals surface area contributed by atoms with Crippen molar-refractivity contribution in [3.63, 3.8) is 0 Å². The van der Waals surface area contributed by atoms with Crippen molar-refractivity contribution in [3.8, 4) is 0 Å². The Balaban J connectivity index is 1.44. The third-order valence-corrected chi connectivity index (χ3v) is 6.80. The number of carbonyl (C=O) groups excluding carboxylic acids is 3. The average molecular weight is 484 g/mol. The number of hydrogen-bond donors (Lipinski definition) is 0. The van der Waals surface area contributed by atoms with Crippen molar-refractivity contribution in [3.05, 3.63) is 46.1 Å². The summed E-state index contributed by atoms with van der Waals surface area (Å²) in [6.07, 6.45) is 1.11. The zero-order valence-electron chi connectivity index (χ0n) is 20.9. The summed E-state index contributed by atoms with van der Waals surface area (Å²) in [5.41, 5.74) is 3.40. The number of pyridine rings is 1. The first-order valence-electron chi connectivity index (χ1n) is 12.2. The van der Waals surface area contributed by atoms with E-state index in [-0.39, 0.29) is 23.8 Å². The summed E-state index contributed by atoms with van der Waals surface area (Å²) < 4.78 is 10.2. The van der Waals surface area contributed by atoms with Crippen LogP contribution in [0.4, 0.5) is 4.79 Å². The lowest BCUT2D eigenvalue weighted by Crippen LogP contribution is -2.51. The molecule has 0 bridgehead atoms. The number of ether oxygens (including phenoxy) is 1. The first-order chi connectivity index (χ1) is 16.8. The first-order valence-corrected chi connectivity index (χ1v) is 12.2. The number of aromatic nitrogens is 2. The molecule has 0 N–H and O–H groups in total. The van der Waals surface area contributed by atoms with Gasteiger partial charge in [-0.3, -0.25) is 14.6 Å². The summed E-state index contributed by atoms with van der Waals surface area (Å²) in [5.74, 6) is 0.493. The van der Waals surface area contributed by atoms with Gasteiger partial charge in [0.25, 0.3) is 11.8 Å². The fraction of sp³-hybridized carbons (Fsp3) is 0.560. The molecule has 4 rings (SSSR count). The quantitative estimate of drug-likeness (QED) is 0.658. The molecule has 0 atom stereocenters. The summed E-state index contributed by atoms with van der Waals surface area (Å²) in [4.78, 5) is 48.4. The van der Waals surface area contributed by atoms with E-state index in [4.69, 9.17) is 14.2 Å². The highest BCUT2D eigenvalue weighted by molar-refractivity contribution is 5.96. The van der Waals surface area contributed by atoms with E-state index >= 15 is 0 Å². The van der Waals surface area contributed by atoms with Gasteiger partial charge in [0.05, 0.1) is 23.6 Å². The summed E-state index contributed by atoms with van der Waals surface area (Å²) >= 11 is 0. The van der Waals surface area contributed by atoms with Gasteiger partial charge in [-0.25, -0.2) is 4.79 Å². The number of hydrogen-bond acceptors (Lipinski definition) is 7. The van der Waals surface area contributed by atoms with E-state index in [1.54, 1.807) is 30.6 Å². The Bertz CT molecular complexity index is 1080. The molecule has 0 saturated carbocycles. The summed E-state index contributed by atoms with van der Waals surface area (Å²) in [7, 11) is 0. The lowest BCUT2D eigenvalue weighted by molar-refractivity contribution is 0.0567. The van der Waals surface area contributed by atoms with Crippen LogP contribution in [-0.2, 0) is 4.74 Å². The van der Waals surface area contributed by atoms with Gasteiger partial charge in [-0.1, -0.05) is 5.16 Å². The second kappa shape index (κ2) is 10.5. The Kier molecular flexibility index (Phi) is 7.37. The van der Waals surface area contributed by atoms with E-state index in [1.807, 2.05) is 24.0 Å². The highest BCUT2D eigenvalue weighted by Crippen LogP contribution is 2.31. The van der Waals surface area contributed by atoms with Crippen LogP contribution in [0.2, 0.25) is 0 Å². The number of nitrogens with zero attached hydrogens (tertiary/aromatic N) is 5. The minimum absolute atomic E-state index is 0.0623. The Morgan fingerprint density at radius 1 is 0.943 bits per heavy atom. The van der Waals surface area contributed by atoms with Gasteiger partial charge < -0.3 is 24.0 Å². The monoisotopic (exact) mass is 483 g/mol. The van der Waals surface area contributed by atoms with Crippen LogP contribution in [0.3, 0.4) is 0 Å². The highest BCUT2D eigenvalue weighted by Gasteiger charge is 2.32. The molecule has 0 spiro atoms. The van der Waals surface area contributed by atoms with E-state index in [1.165, 1.54) is 0 Å². The lowest BCUT2D eigenvalue weighted by Gasteiger charge is -2.35. The molecule has 35 heavy (non-hydrogen) atoms. The van der Waals surface area contributed by atoms with E-state index < -0.39 is 0 Å². The van der Waals surface area contributed by atoms with Gasteiger partial charge >= 0.3 is 6.09 Å². The number of piperidine rings is 1. The normalized spacial score (nSPS) is 17.0. The lowest BCUT2D eigenvalue weighted by atomic mass is 9.89. The molecule has 188 valence electrons. The third-order valence-electron chi connectivity index (χ3n) is 6.80. The first kappa shape index (κ1) is 24.7. The fourth-order valence-corrected chi connectivity index (χ4v) is 4.85. The van der Waals surface area contributed by atoms with Crippen molar-refractivity contribution in [1.82, 2.24) is 24.8 Å². The van der Waals surface area contributed by atoms with Gasteiger partial charge in [-0.15, -0.1) is 0 Å². The molecular formula is C25H33N5O5. The van der Waals surface area contributed by atoms with Gasteiger partial charge in [0, 0.05) is 50.9 Å². The molecule has 2 aliphatic heterocycles. The number of rotatable bonds is 4. The molecule has 2 saturated heterocycles. The van der Waals surface area contributed by atoms with Crippen LogP contribution in [0.15, 0.2) is 16.7 Å². The highest BCUT2D eigenvalue weighted by atomic mass is 16.6. The predicted molar refractivity (Wildman–Crippen MR) is 127 cm³/mol. The van der Waals surface area contributed by atoms with Gasteiger partial charge in [0.1, 0.15) is 11.3 Å². The molecule has 2 fully saturated rings. The Morgan fingerprint density at radius 2 is 1.57 bits per heavy atom. The number of carbonyl (C=O) groups is 3. The zero-order chi connectivity index (χ0) is 25.1. The molecule has 0 aromatic carbocycles. The SMILES string of the molecule is CCOC(=O)N1CCN(C(=O)c2ccc(C)nc2C2CCN(C(=O)c3c(C)noc3C)CC2)CC1. The maximum absolute atomic E-state index is 13.4. The smallest absolute Gasteiger partial charge is 0.409 e. The largest absolute Gasteiger partial charge is 0.450 e. The van der Waals surface area contributed by atoms with E-state index in [0.717, 1.165) is 24.2 Å². The maximum Gasteiger partial charge on any atom is 0.409 e. The number of aryl methyl sites for hydroxylation is 3. The molecule has 4 heterocycles. The van der Waals surface area contributed by atoms with Crippen LogP contribution in [0.25, 0.3) is 0 Å². The molecule has 10 nitrogen and oxygen atoms in total. The van der Waals surface area contributed by atoms with E-state index in [2.05, 4.69) is 5.16 Å². The van der Waals surface area contributed by atoms with E-state index in [0.29, 0.717) is 68.5 Å². The number of piperazine rings is 1. The van der Waals surface area contributed by atoms with Crippen molar-refractivity contribution in [2.24, 2.45) is 0 Å². The topological polar surface area (TPSA) is 109 Å². The fourth-order valence-electron chi connectivity index (χ4n) is 4.85. The maximum atomic E-state index is 13.4. The summed E-state index contributed by atoms with van der Waals surface area (Å²) in [5, 5.41) is 3.90. The van der Waals surface area contributed by atoms with Crippen LogP contribution >= 0.6 is 0 Å². The van der Waals surface area contributed by atoms with Crippen molar-refractivity contribution < 1.29 is 23.6 Å². The molecular weight excluding hydrogens is 450 g/mol. The molecule has 0 unspecified atom stereocenters. The molecule has 0 aliphatic carbocycles. The number of likely N-dealkylation sites (tertiary alicyclic amines) is 1. The van der Waals surface area contributed by atoms with Crippen LogP contribution in [0.5, 0.6) is 0 Å². The van der Waals surface area contributed by atoms with Crippen molar-refractivity contribution in [1.29, 1.82) is 0 Å². The van der Waals surface area contributed by atoms with Gasteiger partial charge in [0.2, 0.25) is 0 Å². The van der Waals surface area contributed by atoms with Gasteiger partial charge in [0.15, 0.2) is 0 Å².